The van der Waals surface area contributed by atoms with Gasteiger partial charge in [-0.2, -0.15) is 0 Å². The highest BCUT2D eigenvalue weighted by Gasteiger charge is 2.19. The first-order chi connectivity index (χ1) is 6.95. The van der Waals surface area contributed by atoms with Crippen LogP contribution in [0.5, 0.6) is 0 Å². The van der Waals surface area contributed by atoms with Crippen molar-refractivity contribution >= 4 is 5.97 Å². The largest absolute Gasteiger partial charge is 0.480 e. The van der Waals surface area contributed by atoms with Crippen LogP contribution >= 0.6 is 0 Å². The van der Waals surface area contributed by atoms with E-state index in [1.165, 1.54) is 0 Å². The van der Waals surface area contributed by atoms with Crippen molar-refractivity contribution in [2.75, 3.05) is 19.8 Å². The van der Waals surface area contributed by atoms with E-state index < -0.39 is 25.0 Å². The number of carbonyl (C=O) groups is 1. The fourth-order valence-electron chi connectivity index (χ4n) is 1.07. The van der Waals surface area contributed by atoms with Crippen molar-refractivity contribution in [2.45, 2.75) is 26.3 Å². The standard InChI is InChI=1S/C9H17F2NO3/c1-6(2)8(9(13)14)12-3-4-15-5-7(10)11/h6-8,12H,3-5H2,1-2H3,(H,13,14). The van der Waals surface area contributed by atoms with E-state index in [4.69, 9.17) is 5.11 Å². The van der Waals surface area contributed by atoms with Gasteiger partial charge in [0, 0.05) is 6.54 Å². The van der Waals surface area contributed by atoms with Crippen molar-refractivity contribution in [1.82, 2.24) is 5.32 Å². The maximum absolute atomic E-state index is 11.6. The first-order valence-corrected chi connectivity index (χ1v) is 4.77. The highest BCUT2D eigenvalue weighted by molar-refractivity contribution is 5.73. The van der Waals surface area contributed by atoms with Crippen LogP contribution in [0, 0.1) is 5.92 Å². The van der Waals surface area contributed by atoms with Crippen molar-refractivity contribution < 1.29 is 23.4 Å². The van der Waals surface area contributed by atoms with Crippen LogP contribution in [0.1, 0.15) is 13.8 Å². The summed E-state index contributed by atoms with van der Waals surface area (Å²) in [6.45, 7) is 3.27. The summed E-state index contributed by atoms with van der Waals surface area (Å²) in [6, 6.07) is -0.667. The number of carboxylic acid groups (broad SMARTS) is 1. The monoisotopic (exact) mass is 225 g/mol. The molecule has 4 nitrogen and oxygen atoms in total. The number of hydrogen-bond donors (Lipinski definition) is 2. The van der Waals surface area contributed by atoms with Gasteiger partial charge >= 0.3 is 5.97 Å². The molecule has 6 heteroatoms. The number of hydrogen-bond acceptors (Lipinski definition) is 3. The van der Waals surface area contributed by atoms with E-state index in [2.05, 4.69) is 10.1 Å². The summed E-state index contributed by atoms with van der Waals surface area (Å²) >= 11 is 0. The molecule has 0 aromatic heterocycles. The fraction of sp³-hybridized carbons (Fsp3) is 0.889. The Morgan fingerprint density at radius 2 is 2.07 bits per heavy atom. The van der Waals surface area contributed by atoms with E-state index in [1.54, 1.807) is 13.8 Å². The lowest BCUT2D eigenvalue weighted by molar-refractivity contribution is -0.140. The molecular formula is C9H17F2NO3. The lowest BCUT2D eigenvalue weighted by Crippen LogP contribution is -2.42. The molecule has 15 heavy (non-hydrogen) atoms. The van der Waals surface area contributed by atoms with Gasteiger partial charge in [-0.05, 0) is 5.92 Å². The topological polar surface area (TPSA) is 58.6 Å². The lowest BCUT2D eigenvalue weighted by atomic mass is 10.1. The molecule has 0 fully saturated rings. The molecule has 1 atom stereocenters. The van der Waals surface area contributed by atoms with Crippen LogP contribution < -0.4 is 5.32 Å². The molecule has 0 saturated carbocycles. The number of nitrogens with one attached hydrogen (secondary N) is 1. The van der Waals surface area contributed by atoms with Crippen molar-refractivity contribution in [3.8, 4) is 0 Å². The maximum Gasteiger partial charge on any atom is 0.320 e. The van der Waals surface area contributed by atoms with Gasteiger partial charge in [0.05, 0.1) is 6.61 Å². The van der Waals surface area contributed by atoms with E-state index in [-0.39, 0.29) is 19.1 Å². The fourth-order valence-corrected chi connectivity index (χ4v) is 1.07. The van der Waals surface area contributed by atoms with Gasteiger partial charge < -0.3 is 15.2 Å². The number of ether oxygens (including phenoxy) is 1. The second-order valence-electron chi connectivity index (χ2n) is 3.48. The van der Waals surface area contributed by atoms with Crippen LogP contribution in [-0.4, -0.2) is 43.3 Å². The zero-order valence-electron chi connectivity index (χ0n) is 8.87. The summed E-state index contributed by atoms with van der Waals surface area (Å²) < 4.78 is 27.9. The van der Waals surface area contributed by atoms with Crippen LogP contribution in [0.25, 0.3) is 0 Å². The molecule has 90 valence electrons. The molecule has 0 saturated heterocycles. The van der Waals surface area contributed by atoms with E-state index in [0.29, 0.717) is 0 Å². The van der Waals surface area contributed by atoms with Crippen LogP contribution in [0.15, 0.2) is 0 Å². The molecule has 1 unspecified atom stereocenters. The van der Waals surface area contributed by atoms with Crippen LogP contribution in [0.3, 0.4) is 0 Å². The predicted molar refractivity (Wildman–Crippen MR) is 51.1 cm³/mol. The number of rotatable bonds is 8. The summed E-state index contributed by atoms with van der Waals surface area (Å²) in [5, 5.41) is 11.5. The normalized spacial score (nSPS) is 13.5. The highest BCUT2D eigenvalue weighted by atomic mass is 19.3. The van der Waals surface area contributed by atoms with Crippen LogP contribution in [-0.2, 0) is 9.53 Å². The number of carboxylic acids is 1. The second kappa shape index (κ2) is 7.53. The lowest BCUT2D eigenvalue weighted by Gasteiger charge is -2.17. The summed E-state index contributed by atoms with van der Waals surface area (Å²) in [7, 11) is 0. The predicted octanol–water partition coefficient (Wildman–Crippen LogP) is 0.967. The third-order valence-electron chi connectivity index (χ3n) is 1.79. The minimum atomic E-state index is -2.48. The summed E-state index contributed by atoms with van der Waals surface area (Å²) in [4.78, 5) is 10.7. The number of halogens is 2. The Hall–Kier alpha value is -0.750. The van der Waals surface area contributed by atoms with Crippen molar-refractivity contribution in [3.63, 3.8) is 0 Å². The third kappa shape index (κ3) is 7.21. The van der Waals surface area contributed by atoms with Gasteiger partial charge in [0.2, 0.25) is 0 Å². The molecule has 0 heterocycles. The molecule has 0 aromatic carbocycles. The first kappa shape index (κ1) is 14.2. The molecule has 0 aliphatic carbocycles. The molecule has 0 aliphatic rings. The molecule has 0 rings (SSSR count). The van der Waals surface area contributed by atoms with Gasteiger partial charge in [-0.15, -0.1) is 0 Å². The smallest absolute Gasteiger partial charge is 0.320 e. The quantitative estimate of drug-likeness (QED) is 0.604. The molecule has 0 spiro atoms. The summed E-state index contributed by atoms with van der Waals surface area (Å²) in [5.41, 5.74) is 0. The average molecular weight is 225 g/mol. The Morgan fingerprint density at radius 1 is 1.47 bits per heavy atom. The molecule has 0 aliphatic heterocycles. The molecule has 0 amide bonds. The third-order valence-corrected chi connectivity index (χ3v) is 1.79. The van der Waals surface area contributed by atoms with Gasteiger partial charge in [-0.1, -0.05) is 13.8 Å². The van der Waals surface area contributed by atoms with Gasteiger partial charge in [0.1, 0.15) is 12.6 Å². The Labute approximate surface area is 87.6 Å². The minimum Gasteiger partial charge on any atom is -0.480 e. The van der Waals surface area contributed by atoms with E-state index >= 15 is 0 Å². The van der Waals surface area contributed by atoms with Gasteiger partial charge in [0.25, 0.3) is 6.43 Å². The van der Waals surface area contributed by atoms with Gasteiger partial charge in [-0.3, -0.25) is 4.79 Å². The van der Waals surface area contributed by atoms with Crippen molar-refractivity contribution in [1.29, 1.82) is 0 Å². The zero-order chi connectivity index (χ0) is 11.8. The zero-order valence-corrected chi connectivity index (χ0v) is 8.87. The number of alkyl halides is 2. The maximum atomic E-state index is 11.6. The summed E-state index contributed by atoms with van der Waals surface area (Å²) in [5.74, 6) is -1.00. The first-order valence-electron chi connectivity index (χ1n) is 4.77. The Bertz CT molecular complexity index is 188. The van der Waals surface area contributed by atoms with Gasteiger partial charge in [-0.25, -0.2) is 8.78 Å². The number of aliphatic carboxylic acids is 1. The van der Waals surface area contributed by atoms with E-state index in [1.807, 2.05) is 0 Å². The molecule has 0 aromatic rings. The second-order valence-corrected chi connectivity index (χ2v) is 3.48. The molecule has 0 radical (unpaired) electrons. The van der Waals surface area contributed by atoms with Crippen LogP contribution in [0.2, 0.25) is 0 Å². The molecule has 0 bridgehead atoms. The van der Waals surface area contributed by atoms with E-state index in [0.717, 1.165) is 0 Å². The molecule has 2 N–H and O–H groups in total. The van der Waals surface area contributed by atoms with Gasteiger partial charge in [0.15, 0.2) is 0 Å². The Kier molecular flexibility index (Phi) is 7.15. The Balaban J connectivity index is 3.59. The average Bonchev–Trinajstić information content (AvgIpc) is 2.08. The minimum absolute atomic E-state index is 0.0578. The van der Waals surface area contributed by atoms with Crippen LogP contribution in [0.4, 0.5) is 8.78 Å². The molecular weight excluding hydrogens is 208 g/mol. The van der Waals surface area contributed by atoms with Crippen molar-refractivity contribution in [2.24, 2.45) is 5.92 Å². The highest BCUT2D eigenvalue weighted by Crippen LogP contribution is 2.01. The Morgan fingerprint density at radius 3 is 2.47 bits per heavy atom. The van der Waals surface area contributed by atoms with Crippen molar-refractivity contribution in [3.05, 3.63) is 0 Å². The van der Waals surface area contributed by atoms with E-state index in [9.17, 15) is 13.6 Å². The summed E-state index contributed by atoms with van der Waals surface area (Å²) in [6.07, 6.45) is -2.48. The SMILES string of the molecule is CC(C)C(NCCOCC(F)F)C(=O)O.